The predicted octanol–water partition coefficient (Wildman–Crippen LogP) is 6.56. The van der Waals surface area contributed by atoms with Crippen molar-refractivity contribution in [2.75, 3.05) is 13.1 Å². The molecule has 1 aromatic heterocycles. The Morgan fingerprint density at radius 2 is 1.69 bits per heavy atom. The summed E-state index contributed by atoms with van der Waals surface area (Å²) in [6.45, 7) is 3.04. The Morgan fingerprint density at radius 1 is 0.923 bits per heavy atom. The third-order valence-corrected chi connectivity index (χ3v) is 7.94. The molecule has 1 aliphatic heterocycles. The van der Waals surface area contributed by atoms with Crippen LogP contribution in [0.1, 0.15) is 24.8 Å². The van der Waals surface area contributed by atoms with Crippen LogP contribution in [0.15, 0.2) is 48.5 Å². The van der Waals surface area contributed by atoms with Crippen molar-refractivity contribution in [1.29, 1.82) is 0 Å². The normalized spacial score (nSPS) is 15.2. The summed E-state index contributed by atoms with van der Waals surface area (Å²) in [6.07, 6.45) is 3.82. The predicted molar refractivity (Wildman–Crippen MR) is 115 cm³/mol. The minimum absolute atomic E-state index is 0.380. The van der Waals surface area contributed by atoms with Crippen molar-refractivity contribution in [1.82, 2.24) is 4.90 Å². The van der Waals surface area contributed by atoms with Gasteiger partial charge < -0.3 is 5.11 Å². The summed E-state index contributed by atoms with van der Waals surface area (Å²) in [7, 11) is 3.38. The third-order valence-electron chi connectivity index (χ3n) is 4.88. The SMILES string of the molecule is Oc1ccc(-c2c(-c3ccccc3)ssc2=S)cc1CN1CCCCC1. The van der Waals surface area contributed by atoms with Gasteiger partial charge in [-0.05, 0) is 49.2 Å². The topological polar surface area (TPSA) is 23.5 Å². The molecule has 0 aliphatic carbocycles. The van der Waals surface area contributed by atoms with Gasteiger partial charge in [-0.3, -0.25) is 4.90 Å². The Bertz CT molecular complexity index is 939. The van der Waals surface area contributed by atoms with Crippen LogP contribution >= 0.6 is 32.9 Å². The van der Waals surface area contributed by atoms with Crippen LogP contribution in [0.4, 0.5) is 0 Å². The fourth-order valence-electron chi connectivity index (χ4n) is 3.51. The maximum absolute atomic E-state index is 10.4. The molecule has 1 N–H and O–H groups in total. The first-order chi connectivity index (χ1) is 12.7. The molecule has 4 rings (SSSR count). The van der Waals surface area contributed by atoms with E-state index in [2.05, 4.69) is 35.2 Å². The molecule has 3 aromatic rings. The highest BCUT2D eigenvalue weighted by Gasteiger charge is 2.16. The zero-order valence-electron chi connectivity index (χ0n) is 14.5. The zero-order chi connectivity index (χ0) is 17.9. The monoisotopic (exact) mass is 399 g/mol. The maximum Gasteiger partial charge on any atom is 0.120 e. The van der Waals surface area contributed by atoms with Gasteiger partial charge in [-0.25, -0.2) is 0 Å². The molecule has 134 valence electrons. The van der Waals surface area contributed by atoms with E-state index in [4.69, 9.17) is 12.2 Å². The number of likely N-dealkylation sites (tertiary alicyclic amines) is 1. The summed E-state index contributed by atoms with van der Waals surface area (Å²) >= 11 is 5.65. The molecule has 5 heteroatoms. The molecule has 1 aliphatic rings. The van der Waals surface area contributed by atoms with Gasteiger partial charge in [0.25, 0.3) is 0 Å². The molecule has 0 bridgehead atoms. The highest BCUT2D eigenvalue weighted by atomic mass is 32.9. The largest absolute Gasteiger partial charge is 0.508 e. The van der Waals surface area contributed by atoms with Crippen molar-refractivity contribution >= 4 is 32.9 Å². The molecular formula is C21H21NOS3. The number of rotatable bonds is 4. The van der Waals surface area contributed by atoms with Crippen molar-refractivity contribution < 1.29 is 5.11 Å². The second-order valence-corrected chi connectivity index (χ2v) is 9.52. The molecule has 0 radical (unpaired) electrons. The molecule has 1 fully saturated rings. The zero-order valence-corrected chi connectivity index (χ0v) is 16.9. The first kappa shape index (κ1) is 17.9. The van der Waals surface area contributed by atoms with Gasteiger partial charge in [-0.2, -0.15) is 0 Å². The van der Waals surface area contributed by atoms with E-state index >= 15 is 0 Å². The fraction of sp³-hybridized carbons (Fsp3) is 0.286. The van der Waals surface area contributed by atoms with E-state index in [9.17, 15) is 5.11 Å². The van der Waals surface area contributed by atoms with E-state index in [1.54, 1.807) is 20.7 Å². The van der Waals surface area contributed by atoms with Crippen molar-refractivity contribution in [2.45, 2.75) is 25.8 Å². The summed E-state index contributed by atoms with van der Waals surface area (Å²) in [5, 5.41) is 10.4. The quantitative estimate of drug-likeness (QED) is 0.397. The van der Waals surface area contributed by atoms with Gasteiger partial charge in [-0.15, -0.1) is 0 Å². The molecule has 0 atom stereocenters. The first-order valence-corrected chi connectivity index (χ1v) is 11.5. The second-order valence-electron chi connectivity index (χ2n) is 6.70. The lowest BCUT2D eigenvalue weighted by Crippen LogP contribution is -2.29. The Kier molecular flexibility index (Phi) is 5.50. The lowest BCUT2D eigenvalue weighted by atomic mass is 10.0. The molecule has 2 nitrogen and oxygen atoms in total. The number of piperidine rings is 1. The highest BCUT2D eigenvalue weighted by molar-refractivity contribution is 7.80. The van der Waals surface area contributed by atoms with Gasteiger partial charge >= 0.3 is 0 Å². The van der Waals surface area contributed by atoms with Crippen LogP contribution in [0.2, 0.25) is 0 Å². The standard InChI is InChI=1S/C21H21NOS3/c23-18-10-9-16(13-17(18)14-22-11-5-2-6-12-22)19-20(25-26-21(19)24)15-7-3-1-4-8-15/h1,3-4,7-10,13,23H,2,5-6,11-12,14H2. The van der Waals surface area contributed by atoms with Gasteiger partial charge in [-0.1, -0.05) is 75.7 Å². The lowest BCUT2D eigenvalue weighted by molar-refractivity contribution is 0.218. The van der Waals surface area contributed by atoms with Crippen LogP contribution in [-0.4, -0.2) is 23.1 Å². The lowest BCUT2D eigenvalue weighted by Gasteiger charge is -2.26. The van der Waals surface area contributed by atoms with Gasteiger partial charge in [0, 0.05) is 17.7 Å². The Labute approximate surface area is 166 Å². The van der Waals surface area contributed by atoms with E-state index < -0.39 is 0 Å². The van der Waals surface area contributed by atoms with E-state index in [0.717, 1.165) is 40.1 Å². The minimum Gasteiger partial charge on any atom is -0.508 e. The molecule has 0 saturated carbocycles. The molecule has 0 spiro atoms. The van der Waals surface area contributed by atoms with Crippen molar-refractivity contribution in [3.63, 3.8) is 0 Å². The number of nitrogens with zero attached hydrogens (tertiary/aromatic N) is 1. The maximum atomic E-state index is 10.4. The smallest absolute Gasteiger partial charge is 0.120 e. The van der Waals surface area contributed by atoms with Crippen LogP contribution < -0.4 is 0 Å². The number of hydrogen-bond acceptors (Lipinski definition) is 5. The molecule has 26 heavy (non-hydrogen) atoms. The van der Waals surface area contributed by atoms with E-state index in [-0.39, 0.29) is 0 Å². The van der Waals surface area contributed by atoms with Crippen molar-refractivity contribution in [3.8, 4) is 27.3 Å². The number of phenols is 1. The van der Waals surface area contributed by atoms with Crippen molar-refractivity contribution in [3.05, 3.63) is 57.9 Å². The summed E-state index contributed by atoms with van der Waals surface area (Å²) in [5.41, 5.74) is 4.43. The van der Waals surface area contributed by atoms with Crippen LogP contribution in [0.5, 0.6) is 5.75 Å². The van der Waals surface area contributed by atoms with Gasteiger partial charge in [0.1, 0.15) is 9.57 Å². The molecule has 0 unspecified atom stereocenters. The van der Waals surface area contributed by atoms with Crippen LogP contribution in [0, 0.1) is 3.82 Å². The number of aromatic hydroxyl groups is 1. The number of phenolic OH excluding ortho intramolecular Hbond substituents is 1. The van der Waals surface area contributed by atoms with E-state index in [1.165, 1.54) is 29.7 Å². The Hall–Kier alpha value is -1.53. The molecule has 2 heterocycles. The van der Waals surface area contributed by atoms with Crippen LogP contribution in [-0.2, 0) is 6.54 Å². The molecule has 2 aromatic carbocycles. The third kappa shape index (κ3) is 3.76. The Morgan fingerprint density at radius 3 is 2.46 bits per heavy atom. The number of benzene rings is 2. The average molecular weight is 400 g/mol. The van der Waals surface area contributed by atoms with E-state index in [1.807, 2.05) is 18.2 Å². The highest BCUT2D eigenvalue weighted by Crippen LogP contribution is 2.42. The molecule has 1 saturated heterocycles. The van der Waals surface area contributed by atoms with E-state index in [0.29, 0.717) is 5.75 Å². The summed E-state index contributed by atoms with van der Waals surface area (Å²) in [6, 6.07) is 16.4. The Balaban J connectivity index is 1.72. The minimum atomic E-state index is 0.380. The molecule has 0 amide bonds. The summed E-state index contributed by atoms with van der Waals surface area (Å²) in [5.74, 6) is 0.380. The fourth-order valence-corrected chi connectivity index (χ4v) is 6.43. The summed E-state index contributed by atoms with van der Waals surface area (Å²) in [4.78, 5) is 3.65. The van der Waals surface area contributed by atoms with Crippen LogP contribution in [0.3, 0.4) is 0 Å². The second kappa shape index (κ2) is 8.01. The van der Waals surface area contributed by atoms with Gasteiger partial charge in [0.2, 0.25) is 0 Å². The molecular weight excluding hydrogens is 378 g/mol. The summed E-state index contributed by atoms with van der Waals surface area (Å²) < 4.78 is 0.920. The number of hydrogen-bond donors (Lipinski definition) is 1. The average Bonchev–Trinajstić information content (AvgIpc) is 3.07. The first-order valence-electron chi connectivity index (χ1n) is 8.95. The van der Waals surface area contributed by atoms with Crippen LogP contribution in [0.25, 0.3) is 21.6 Å². The van der Waals surface area contributed by atoms with Crippen molar-refractivity contribution in [2.24, 2.45) is 0 Å². The van der Waals surface area contributed by atoms with Gasteiger partial charge in [0.05, 0.1) is 4.88 Å². The van der Waals surface area contributed by atoms with Gasteiger partial charge in [0.15, 0.2) is 0 Å².